The van der Waals surface area contributed by atoms with E-state index in [2.05, 4.69) is 5.32 Å². The van der Waals surface area contributed by atoms with E-state index in [1.807, 2.05) is 18.2 Å². The van der Waals surface area contributed by atoms with Gasteiger partial charge in [0, 0.05) is 11.4 Å². The maximum Gasteiger partial charge on any atom is 0.231 e. The third kappa shape index (κ3) is 1.49. The van der Waals surface area contributed by atoms with Crippen molar-refractivity contribution < 1.29 is 9.59 Å². The van der Waals surface area contributed by atoms with Crippen LogP contribution in [-0.2, 0) is 21.4 Å². The fourth-order valence-electron chi connectivity index (χ4n) is 2.94. The van der Waals surface area contributed by atoms with Crippen LogP contribution in [0, 0.1) is 0 Å². The van der Waals surface area contributed by atoms with Gasteiger partial charge in [0.15, 0.2) is 5.78 Å². The van der Waals surface area contributed by atoms with Crippen LogP contribution in [0.1, 0.15) is 24.0 Å². The Morgan fingerprint density at radius 1 is 1.29 bits per heavy atom. The monoisotopic (exact) mass is 249 g/mol. The van der Waals surface area contributed by atoms with Crippen molar-refractivity contribution >= 4 is 23.3 Å². The smallest absolute Gasteiger partial charge is 0.231 e. The fourth-order valence-corrected chi connectivity index (χ4v) is 3.11. The molecule has 1 atom stereocenters. The van der Waals surface area contributed by atoms with Crippen LogP contribution in [0.3, 0.4) is 0 Å². The molecule has 1 aliphatic heterocycles. The highest BCUT2D eigenvalue weighted by molar-refractivity contribution is 6.30. The summed E-state index contributed by atoms with van der Waals surface area (Å²) in [5.74, 6) is 0.0653. The molecule has 1 heterocycles. The Kier molecular flexibility index (Phi) is 2.26. The van der Waals surface area contributed by atoms with Gasteiger partial charge in [-0.15, -0.1) is 0 Å². The first kappa shape index (κ1) is 10.8. The molecule has 3 nitrogen and oxygen atoms in total. The summed E-state index contributed by atoms with van der Waals surface area (Å²) >= 11 is 5.99. The van der Waals surface area contributed by atoms with E-state index in [1.54, 1.807) is 0 Å². The van der Waals surface area contributed by atoms with Crippen molar-refractivity contribution in [2.75, 3.05) is 6.54 Å². The number of piperidine rings is 1. The minimum atomic E-state index is -0.657. The number of nitrogens with one attached hydrogen (secondary N) is 1. The Labute approximate surface area is 104 Å². The normalized spacial score (nSPS) is 27.1. The van der Waals surface area contributed by atoms with Crippen LogP contribution in [0.4, 0.5) is 0 Å². The van der Waals surface area contributed by atoms with Crippen molar-refractivity contribution in [1.29, 1.82) is 0 Å². The highest BCUT2D eigenvalue weighted by Crippen LogP contribution is 2.44. The van der Waals surface area contributed by atoms with Crippen molar-refractivity contribution in [3.05, 3.63) is 34.3 Å². The molecule has 1 aromatic carbocycles. The second kappa shape index (κ2) is 3.57. The summed E-state index contributed by atoms with van der Waals surface area (Å²) < 4.78 is 0. The molecule has 4 heteroatoms. The highest BCUT2D eigenvalue weighted by Gasteiger charge is 2.48. The maximum atomic E-state index is 12.1. The van der Waals surface area contributed by atoms with Gasteiger partial charge in [-0.05, 0) is 36.1 Å². The number of hydrogen-bond acceptors (Lipinski definition) is 2. The third-order valence-electron chi connectivity index (χ3n) is 3.79. The predicted octanol–water partition coefficient (Wildman–Crippen LogP) is 1.61. The minimum Gasteiger partial charge on any atom is -0.348 e. The largest absolute Gasteiger partial charge is 0.348 e. The van der Waals surface area contributed by atoms with Crippen LogP contribution in [0.25, 0.3) is 0 Å². The molecule has 1 amide bonds. The molecule has 0 saturated carbocycles. The molecule has 17 heavy (non-hydrogen) atoms. The summed E-state index contributed by atoms with van der Waals surface area (Å²) in [5.41, 5.74) is 1.42. The lowest BCUT2D eigenvalue weighted by Crippen LogP contribution is -2.51. The molecular formula is C13H12ClNO2. The molecule has 0 radical (unpaired) electrons. The van der Waals surface area contributed by atoms with E-state index in [9.17, 15) is 9.59 Å². The van der Waals surface area contributed by atoms with E-state index in [4.69, 9.17) is 11.6 Å². The predicted molar refractivity (Wildman–Crippen MR) is 64.1 cm³/mol. The van der Waals surface area contributed by atoms with Crippen molar-refractivity contribution in [2.45, 2.75) is 24.7 Å². The molecule has 1 N–H and O–H groups in total. The van der Waals surface area contributed by atoms with Crippen LogP contribution in [-0.4, -0.2) is 18.2 Å². The zero-order valence-electron chi connectivity index (χ0n) is 9.25. The van der Waals surface area contributed by atoms with Crippen LogP contribution in [0.15, 0.2) is 18.2 Å². The molecule has 1 aromatic rings. The molecule has 1 unspecified atom stereocenters. The van der Waals surface area contributed by atoms with E-state index in [-0.39, 0.29) is 18.2 Å². The van der Waals surface area contributed by atoms with Gasteiger partial charge >= 0.3 is 0 Å². The molecule has 88 valence electrons. The van der Waals surface area contributed by atoms with Crippen LogP contribution >= 0.6 is 11.6 Å². The Hall–Kier alpha value is -1.35. The Morgan fingerprint density at radius 3 is 2.94 bits per heavy atom. The number of carbonyl (C=O) groups is 2. The van der Waals surface area contributed by atoms with E-state index in [1.165, 1.54) is 0 Å². The maximum absolute atomic E-state index is 12.1. The number of aryl methyl sites for hydroxylation is 1. The lowest BCUT2D eigenvalue weighted by atomic mass is 9.74. The first-order valence-electron chi connectivity index (χ1n) is 5.71. The van der Waals surface area contributed by atoms with E-state index >= 15 is 0 Å². The number of carbonyl (C=O) groups excluding carboxylic acids is 2. The van der Waals surface area contributed by atoms with Crippen molar-refractivity contribution in [3.8, 4) is 0 Å². The molecular weight excluding hydrogens is 238 g/mol. The van der Waals surface area contributed by atoms with Gasteiger partial charge in [-0.1, -0.05) is 17.7 Å². The molecule has 2 aliphatic rings. The lowest BCUT2D eigenvalue weighted by molar-refractivity contribution is -0.136. The second-order valence-corrected chi connectivity index (χ2v) is 5.22. The number of ketones is 1. The SMILES string of the molecule is O=C1CNC(=O)C2(CCc3ccc(Cl)cc32)C1. The number of fused-ring (bicyclic) bond motifs is 2. The van der Waals surface area contributed by atoms with Gasteiger partial charge < -0.3 is 5.32 Å². The van der Waals surface area contributed by atoms with Gasteiger partial charge in [0.2, 0.25) is 5.91 Å². The van der Waals surface area contributed by atoms with E-state index in [0.717, 1.165) is 17.5 Å². The van der Waals surface area contributed by atoms with Gasteiger partial charge in [0.1, 0.15) is 0 Å². The number of benzene rings is 1. The van der Waals surface area contributed by atoms with Gasteiger partial charge in [-0.25, -0.2) is 0 Å². The van der Waals surface area contributed by atoms with Gasteiger partial charge in [0.05, 0.1) is 12.0 Å². The molecule has 1 aliphatic carbocycles. The number of rotatable bonds is 0. The standard InChI is InChI=1S/C13H12ClNO2/c14-9-2-1-8-3-4-13(11(8)5-9)6-10(16)7-15-12(13)17/h1-2,5H,3-4,6-7H2,(H,15,17). The molecule has 1 spiro atoms. The minimum absolute atomic E-state index is 0.0295. The van der Waals surface area contributed by atoms with Crippen LogP contribution in [0.5, 0.6) is 0 Å². The van der Waals surface area contributed by atoms with Crippen LogP contribution in [0.2, 0.25) is 5.02 Å². The summed E-state index contributed by atoms with van der Waals surface area (Å²) in [6.45, 7) is 0.163. The quantitative estimate of drug-likeness (QED) is 0.759. The van der Waals surface area contributed by atoms with Crippen molar-refractivity contribution in [1.82, 2.24) is 5.32 Å². The average molecular weight is 250 g/mol. The molecule has 1 fully saturated rings. The van der Waals surface area contributed by atoms with Crippen LogP contribution < -0.4 is 5.32 Å². The van der Waals surface area contributed by atoms with Gasteiger partial charge in [-0.2, -0.15) is 0 Å². The molecule has 0 aromatic heterocycles. The van der Waals surface area contributed by atoms with Crippen molar-refractivity contribution in [3.63, 3.8) is 0 Å². The molecule has 0 bridgehead atoms. The topological polar surface area (TPSA) is 46.2 Å². The summed E-state index contributed by atoms with van der Waals surface area (Å²) in [6.07, 6.45) is 1.86. The summed E-state index contributed by atoms with van der Waals surface area (Å²) in [6, 6.07) is 5.63. The van der Waals surface area contributed by atoms with E-state index < -0.39 is 5.41 Å². The number of halogens is 1. The number of hydrogen-bond donors (Lipinski definition) is 1. The molecule has 3 rings (SSSR count). The summed E-state index contributed by atoms with van der Waals surface area (Å²) in [5, 5.41) is 3.31. The van der Waals surface area contributed by atoms with Crippen molar-refractivity contribution in [2.24, 2.45) is 0 Å². The number of Topliss-reactive ketones (excluding diaryl/α,β-unsaturated/α-hetero) is 1. The first-order chi connectivity index (χ1) is 8.12. The summed E-state index contributed by atoms with van der Waals surface area (Å²) in [4.78, 5) is 23.7. The number of amides is 1. The Balaban J connectivity index is 2.14. The first-order valence-corrected chi connectivity index (χ1v) is 6.08. The fraction of sp³-hybridized carbons (Fsp3) is 0.385. The average Bonchev–Trinajstić information content (AvgIpc) is 2.64. The third-order valence-corrected chi connectivity index (χ3v) is 4.02. The lowest BCUT2D eigenvalue weighted by Gasteiger charge is -2.32. The Morgan fingerprint density at radius 2 is 2.12 bits per heavy atom. The second-order valence-electron chi connectivity index (χ2n) is 4.78. The zero-order valence-corrected chi connectivity index (χ0v) is 10.0. The zero-order chi connectivity index (χ0) is 12.0. The highest BCUT2D eigenvalue weighted by atomic mass is 35.5. The van der Waals surface area contributed by atoms with E-state index in [0.29, 0.717) is 17.9 Å². The summed E-state index contributed by atoms with van der Waals surface area (Å²) in [7, 11) is 0. The van der Waals surface area contributed by atoms with Gasteiger partial charge in [-0.3, -0.25) is 9.59 Å². The van der Waals surface area contributed by atoms with Gasteiger partial charge in [0.25, 0.3) is 0 Å². The molecule has 1 saturated heterocycles. The Bertz CT molecular complexity index is 526.